The molecular formula is C15H17BrN2. The Bertz CT molecular complexity index is 544. The Morgan fingerprint density at radius 2 is 1.72 bits per heavy atom. The van der Waals surface area contributed by atoms with Crippen LogP contribution >= 0.6 is 15.9 Å². The summed E-state index contributed by atoms with van der Waals surface area (Å²) >= 11 is 3.46. The normalized spacial score (nSPS) is 10.7. The third-order valence-corrected chi connectivity index (χ3v) is 3.43. The maximum Gasteiger partial charge on any atom is 0.132 e. The van der Waals surface area contributed by atoms with Gasteiger partial charge in [0, 0.05) is 17.9 Å². The summed E-state index contributed by atoms with van der Waals surface area (Å²) in [5.74, 6) is 0.889. The Balaban J connectivity index is 2.28. The third kappa shape index (κ3) is 3.16. The molecule has 1 heterocycles. The topological polar surface area (TPSA) is 25.8 Å². The van der Waals surface area contributed by atoms with Crippen molar-refractivity contribution in [3.05, 3.63) is 58.2 Å². The smallest absolute Gasteiger partial charge is 0.132 e. The van der Waals surface area contributed by atoms with Gasteiger partial charge in [0.2, 0.25) is 0 Å². The quantitative estimate of drug-likeness (QED) is 0.804. The molecule has 0 fully saturated rings. The van der Waals surface area contributed by atoms with E-state index in [1.807, 2.05) is 13.1 Å². The first-order valence-electron chi connectivity index (χ1n) is 6.03. The summed E-state index contributed by atoms with van der Waals surface area (Å²) in [5.41, 5.74) is 6.06. The van der Waals surface area contributed by atoms with Crippen molar-refractivity contribution in [3.8, 4) is 0 Å². The van der Waals surface area contributed by atoms with Crippen molar-refractivity contribution in [3.63, 3.8) is 0 Å². The second-order valence-corrected chi connectivity index (χ2v) is 5.28. The van der Waals surface area contributed by atoms with Gasteiger partial charge in [0.1, 0.15) is 5.82 Å². The monoisotopic (exact) mass is 304 g/mol. The molecule has 0 amide bonds. The Hall–Kier alpha value is -1.22. The highest BCUT2D eigenvalue weighted by molar-refractivity contribution is 9.08. The van der Waals surface area contributed by atoms with E-state index in [4.69, 9.17) is 0 Å². The molecule has 0 bridgehead atoms. The Morgan fingerprint density at radius 1 is 1.06 bits per heavy atom. The van der Waals surface area contributed by atoms with Crippen molar-refractivity contribution < 1.29 is 0 Å². The standard InChI is InChI=1S/C15H17BrN2/c1-10-4-11(2)6-13(5-10)7-15-17-9-12(3)14(8-16)18-15/h4-6,9H,7-8H2,1-3H3. The lowest BCUT2D eigenvalue weighted by molar-refractivity contribution is 0.921. The van der Waals surface area contributed by atoms with Crippen molar-refractivity contribution in [2.75, 3.05) is 0 Å². The number of aromatic nitrogens is 2. The van der Waals surface area contributed by atoms with Gasteiger partial charge in [-0.15, -0.1) is 0 Å². The van der Waals surface area contributed by atoms with Crippen molar-refractivity contribution in [1.82, 2.24) is 9.97 Å². The van der Waals surface area contributed by atoms with Crippen LogP contribution in [0.3, 0.4) is 0 Å². The van der Waals surface area contributed by atoms with Crippen molar-refractivity contribution in [1.29, 1.82) is 0 Å². The fourth-order valence-corrected chi connectivity index (χ4v) is 2.66. The van der Waals surface area contributed by atoms with Crippen LogP contribution in [0.4, 0.5) is 0 Å². The molecular weight excluding hydrogens is 288 g/mol. The summed E-state index contributed by atoms with van der Waals surface area (Å²) in [6.45, 7) is 6.28. The number of aryl methyl sites for hydroxylation is 3. The van der Waals surface area contributed by atoms with Gasteiger partial charge < -0.3 is 0 Å². The van der Waals surface area contributed by atoms with Crippen molar-refractivity contribution in [2.24, 2.45) is 0 Å². The zero-order valence-electron chi connectivity index (χ0n) is 11.0. The largest absolute Gasteiger partial charge is 0.241 e. The molecule has 94 valence electrons. The Kier molecular flexibility index (Phi) is 4.12. The second kappa shape index (κ2) is 5.61. The fraction of sp³-hybridized carbons (Fsp3) is 0.333. The average Bonchev–Trinajstić information content (AvgIpc) is 2.30. The molecule has 0 aliphatic heterocycles. The van der Waals surface area contributed by atoms with Crippen LogP contribution in [0.1, 0.15) is 33.8 Å². The number of nitrogens with zero attached hydrogens (tertiary/aromatic N) is 2. The number of benzene rings is 1. The first-order valence-corrected chi connectivity index (χ1v) is 7.15. The number of hydrogen-bond donors (Lipinski definition) is 0. The van der Waals surface area contributed by atoms with E-state index in [2.05, 4.69) is 57.9 Å². The van der Waals surface area contributed by atoms with Crippen molar-refractivity contribution in [2.45, 2.75) is 32.5 Å². The van der Waals surface area contributed by atoms with E-state index < -0.39 is 0 Å². The van der Waals surface area contributed by atoms with E-state index in [9.17, 15) is 0 Å². The molecule has 0 saturated carbocycles. The van der Waals surface area contributed by atoms with Gasteiger partial charge in [-0.25, -0.2) is 9.97 Å². The molecule has 0 atom stereocenters. The lowest BCUT2D eigenvalue weighted by Crippen LogP contribution is -2.01. The third-order valence-electron chi connectivity index (χ3n) is 2.90. The number of alkyl halides is 1. The molecule has 2 nitrogen and oxygen atoms in total. The van der Waals surface area contributed by atoms with Gasteiger partial charge in [0.05, 0.1) is 5.69 Å². The van der Waals surface area contributed by atoms with Crippen LogP contribution in [-0.2, 0) is 11.8 Å². The minimum atomic E-state index is 0.779. The molecule has 0 unspecified atom stereocenters. The summed E-state index contributed by atoms with van der Waals surface area (Å²) in [6.07, 6.45) is 2.70. The molecule has 1 aromatic carbocycles. The van der Waals surface area contributed by atoms with Crippen LogP contribution in [0, 0.1) is 20.8 Å². The van der Waals surface area contributed by atoms with Crippen LogP contribution in [0.5, 0.6) is 0 Å². The van der Waals surface area contributed by atoms with Crippen LogP contribution < -0.4 is 0 Å². The van der Waals surface area contributed by atoms with E-state index in [0.29, 0.717) is 0 Å². The molecule has 2 rings (SSSR count). The summed E-state index contributed by atoms with van der Waals surface area (Å²) in [4.78, 5) is 9.00. The first kappa shape index (κ1) is 13.2. The van der Waals surface area contributed by atoms with Gasteiger partial charge in [-0.2, -0.15) is 0 Å². The SMILES string of the molecule is Cc1cc(C)cc(Cc2ncc(C)c(CBr)n2)c1. The van der Waals surface area contributed by atoms with Gasteiger partial charge >= 0.3 is 0 Å². The van der Waals surface area contributed by atoms with Gasteiger partial charge in [-0.05, 0) is 31.9 Å². The highest BCUT2D eigenvalue weighted by Crippen LogP contribution is 2.14. The molecule has 0 aliphatic rings. The van der Waals surface area contributed by atoms with E-state index in [0.717, 1.165) is 28.8 Å². The molecule has 18 heavy (non-hydrogen) atoms. The molecule has 3 heteroatoms. The van der Waals surface area contributed by atoms with Crippen molar-refractivity contribution >= 4 is 15.9 Å². The van der Waals surface area contributed by atoms with Crippen LogP contribution in [0.2, 0.25) is 0 Å². The van der Waals surface area contributed by atoms with Gasteiger partial charge in [-0.3, -0.25) is 0 Å². The van der Waals surface area contributed by atoms with Crippen LogP contribution in [0.15, 0.2) is 24.4 Å². The van der Waals surface area contributed by atoms with Gasteiger partial charge in [0.25, 0.3) is 0 Å². The molecule has 0 radical (unpaired) electrons. The Morgan fingerprint density at radius 3 is 2.33 bits per heavy atom. The van der Waals surface area contributed by atoms with E-state index in [-0.39, 0.29) is 0 Å². The van der Waals surface area contributed by atoms with Gasteiger partial charge in [0.15, 0.2) is 0 Å². The number of halogens is 1. The lowest BCUT2D eigenvalue weighted by atomic mass is 10.0. The van der Waals surface area contributed by atoms with Gasteiger partial charge in [-0.1, -0.05) is 45.3 Å². The highest BCUT2D eigenvalue weighted by atomic mass is 79.9. The predicted molar refractivity (Wildman–Crippen MR) is 78.1 cm³/mol. The fourth-order valence-electron chi connectivity index (χ4n) is 2.09. The van der Waals surface area contributed by atoms with Crippen LogP contribution in [0.25, 0.3) is 0 Å². The summed E-state index contributed by atoms with van der Waals surface area (Å²) in [5, 5.41) is 0.779. The second-order valence-electron chi connectivity index (χ2n) is 4.72. The summed E-state index contributed by atoms with van der Waals surface area (Å²) < 4.78 is 0. The molecule has 2 aromatic rings. The van der Waals surface area contributed by atoms with E-state index in [1.54, 1.807) is 0 Å². The number of rotatable bonds is 3. The lowest BCUT2D eigenvalue weighted by Gasteiger charge is -2.06. The maximum absolute atomic E-state index is 4.59. The van der Waals surface area contributed by atoms with E-state index >= 15 is 0 Å². The van der Waals surface area contributed by atoms with E-state index in [1.165, 1.54) is 16.7 Å². The summed E-state index contributed by atoms with van der Waals surface area (Å²) in [7, 11) is 0. The molecule has 0 spiro atoms. The minimum absolute atomic E-state index is 0.779. The minimum Gasteiger partial charge on any atom is -0.241 e. The predicted octanol–water partition coefficient (Wildman–Crippen LogP) is 3.89. The number of hydrogen-bond acceptors (Lipinski definition) is 2. The molecule has 0 N–H and O–H groups in total. The van der Waals surface area contributed by atoms with Crippen LogP contribution in [-0.4, -0.2) is 9.97 Å². The molecule has 1 aromatic heterocycles. The average molecular weight is 305 g/mol. The Labute approximate surface area is 117 Å². The molecule has 0 saturated heterocycles. The highest BCUT2D eigenvalue weighted by Gasteiger charge is 2.04. The summed E-state index contributed by atoms with van der Waals surface area (Å²) in [6, 6.07) is 6.58. The molecule has 0 aliphatic carbocycles. The zero-order valence-corrected chi connectivity index (χ0v) is 12.6. The first-order chi connectivity index (χ1) is 8.58. The zero-order chi connectivity index (χ0) is 13.1. The maximum atomic E-state index is 4.59.